The van der Waals surface area contributed by atoms with Crippen LogP contribution in [0.4, 0.5) is 0 Å². The smallest absolute Gasteiger partial charge is 0.305 e. The molecule has 0 saturated heterocycles. The molecule has 6 nitrogen and oxygen atoms in total. The average molecular weight is 499 g/mol. The number of ether oxygens (including phenoxy) is 5. The fraction of sp³-hybridized carbons (Fsp3) is 0.897. The average Bonchev–Trinajstić information content (AvgIpc) is 2.86. The standard InChI is InChI=1S/C29H54O6/c1-3-5-6-7-8-9-10-11-12-13-14-15-16-17-18-19-29(30)35-28-27-34-26-25-33-24-23-32-22-21-31-20-4-2/h2H,3,5-28H2,1H3. The second kappa shape index (κ2) is 30.9. The summed E-state index contributed by atoms with van der Waals surface area (Å²) in [6.45, 7) is 6.27. The number of carbonyl (C=O) groups is 1. The molecule has 0 fully saturated rings. The molecular formula is C29H54O6. The molecule has 0 heterocycles. The van der Waals surface area contributed by atoms with Crippen molar-refractivity contribution in [3.05, 3.63) is 0 Å². The zero-order valence-electron chi connectivity index (χ0n) is 22.7. The van der Waals surface area contributed by atoms with Crippen LogP contribution >= 0.6 is 0 Å². The van der Waals surface area contributed by atoms with Gasteiger partial charge in [-0.25, -0.2) is 0 Å². The minimum absolute atomic E-state index is 0.122. The Morgan fingerprint density at radius 2 is 0.914 bits per heavy atom. The Morgan fingerprint density at radius 3 is 1.34 bits per heavy atom. The molecule has 0 bridgehead atoms. The van der Waals surface area contributed by atoms with Gasteiger partial charge < -0.3 is 23.7 Å². The maximum atomic E-state index is 11.8. The highest BCUT2D eigenvalue weighted by Crippen LogP contribution is 2.13. The van der Waals surface area contributed by atoms with Gasteiger partial charge >= 0.3 is 5.97 Å². The Balaban J connectivity index is 3.14. The first kappa shape index (κ1) is 33.9. The van der Waals surface area contributed by atoms with Gasteiger partial charge in [0.15, 0.2) is 0 Å². The lowest BCUT2D eigenvalue weighted by Crippen LogP contribution is -2.14. The highest BCUT2D eigenvalue weighted by Gasteiger charge is 2.02. The van der Waals surface area contributed by atoms with Crippen LogP contribution < -0.4 is 0 Å². The van der Waals surface area contributed by atoms with E-state index < -0.39 is 0 Å². The maximum Gasteiger partial charge on any atom is 0.305 e. The monoisotopic (exact) mass is 498 g/mol. The zero-order valence-corrected chi connectivity index (χ0v) is 22.7. The summed E-state index contributed by atoms with van der Waals surface area (Å²) in [5, 5.41) is 0. The number of carbonyl (C=O) groups excluding carboxylic acids is 1. The predicted octanol–water partition coefficient (Wildman–Crippen LogP) is 6.49. The van der Waals surface area contributed by atoms with Crippen LogP contribution in [0.5, 0.6) is 0 Å². The zero-order chi connectivity index (χ0) is 25.5. The molecule has 0 atom stereocenters. The Labute approximate surface area is 216 Å². The molecule has 0 aromatic carbocycles. The number of unbranched alkanes of at least 4 members (excludes halogenated alkanes) is 14. The first-order chi connectivity index (χ1) is 17.3. The van der Waals surface area contributed by atoms with Crippen molar-refractivity contribution in [1.82, 2.24) is 0 Å². The van der Waals surface area contributed by atoms with Gasteiger partial charge in [-0.3, -0.25) is 4.79 Å². The van der Waals surface area contributed by atoms with E-state index in [1.165, 1.54) is 83.5 Å². The van der Waals surface area contributed by atoms with Gasteiger partial charge in [0.05, 0.1) is 46.2 Å². The van der Waals surface area contributed by atoms with E-state index in [2.05, 4.69) is 12.8 Å². The summed E-state index contributed by atoms with van der Waals surface area (Å²) < 4.78 is 26.4. The van der Waals surface area contributed by atoms with Crippen LogP contribution in [0.1, 0.15) is 110 Å². The molecule has 35 heavy (non-hydrogen) atoms. The van der Waals surface area contributed by atoms with E-state index >= 15 is 0 Å². The van der Waals surface area contributed by atoms with Gasteiger partial charge in [-0.05, 0) is 6.42 Å². The lowest BCUT2D eigenvalue weighted by atomic mass is 10.0. The fourth-order valence-corrected chi connectivity index (χ4v) is 3.72. The summed E-state index contributed by atoms with van der Waals surface area (Å²) in [5.41, 5.74) is 0. The Kier molecular flexibility index (Phi) is 29.9. The van der Waals surface area contributed by atoms with Crippen molar-refractivity contribution in [2.45, 2.75) is 110 Å². The van der Waals surface area contributed by atoms with Gasteiger partial charge in [-0.2, -0.15) is 0 Å². The van der Waals surface area contributed by atoms with E-state index in [0.717, 1.165) is 12.8 Å². The van der Waals surface area contributed by atoms with Gasteiger partial charge in [0.25, 0.3) is 0 Å². The molecular weight excluding hydrogens is 444 g/mol. The molecule has 0 aliphatic rings. The van der Waals surface area contributed by atoms with Gasteiger partial charge in [0.1, 0.15) is 13.2 Å². The minimum Gasteiger partial charge on any atom is -0.463 e. The number of hydrogen-bond acceptors (Lipinski definition) is 6. The Hall–Kier alpha value is -1.13. The van der Waals surface area contributed by atoms with E-state index in [-0.39, 0.29) is 5.97 Å². The van der Waals surface area contributed by atoms with Crippen LogP contribution in [0.25, 0.3) is 0 Å². The molecule has 0 aliphatic heterocycles. The van der Waals surface area contributed by atoms with E-state index in [9.17, 15) is 4.79 Å². The first-order valence-corrected chi connectivity index (χ1v) is 14.2. The molecule has 0 N–H and O–H groups in total. The molecule has 206 valence electrons. The van der Waals surface area contributed by atoms with Crippen LogP contribution in [0.2, 0.25) is 0 Å². The van der Waals surface area contributed by atoms with E-state index in [1.54, 1.807) is 0 Å². The second-order valence-corrected chi connectivity index (χ2v) is 9.01. The van der Waals surface area contributed by atoms with Crippen LogP contribution in [0, 0.1) is 12.3 Å². The van der Waals surface area contributed by atoms with Crippen LogP contribution in [0.3, 0.4) is 0 Å². The molecule has 0 radical (unpaired) electrons. The van der Waals surface area contributed by atoms with Gasteiger partial charge in [0.2, 0.25) is 0 Å². The molecule has 0 aliphatic carbocycles. The van der Waals surface area contributed by atoms with Crippen LogP contribution in [0.15, 0.2) is 0 Å². The minimum atomic E-state index is -0.122. The third-order valence-corrected chi connectivity index (χ3v) is 5.78. The summed E-state index contributed by atoms with van der Waals surface area (Å²) in [5.74, 6) is 2.28. The summed E-state index contributed by atoms with van der Waals surface area (Å²) in [4.78, 5) is 11.8. The topological polar surface area (TPSA) is 63.2 Å². The lowest BCUT2D eigenvalue weighted by Gasteiger charge is -2.08. The molecule has 0 amide bonds. The van der Waals surface area contributed by atoms with Crippen LogP contribution in [-0.2, 0) is 28.5 Å². The molecule has 0 saturated carbocycles. The van der Waals surface area contributed by atoms with Gasteiger partial charge in [-0.15, -0.1) is 6.42 Å². The Morgan fingerprint density at radius 1 is 0.543 bits per heavy atom. The fourth-order valence-electron chi connectivity index (χ4n) is 3.72. The van der Waals surface area contributed by atoms with Crippen LogP contribution in [-0.4, -0.2) is 65.4 Å². The quantitative estimate of drug-likeness (QED) is 0.0667. The highest BCUT2D eigenvalue weighted by atomic mass is 16.6. The van der Waals surface area contributed by atoms with Crippen molar-refractivity contribution in [2.75, 3.05) is 59.5 Å². The number of esters is 1. The molecule has 0 aromatic heterocycles. The molecule has 0 rings (SSSR count). The van der Waals surface area contributed by atoms with Crippen molar-refractivity contribution in [2.24, 2.45) is 0 Å². The number of rotatable bonds is 29. The van der Waals surface area contributed by atoms with Gasteiger partial charge in [-0.1, -0.05) is 103 Å². The molecule has 0 aromatic rings. The van der Waals surface area contributed by atoms with E-state index in [1.807, 2.05) is 0 Å². The second-order valence-electron chi connectivity index (χ2n) is 9.01. The van der Waals surface area contributed by atoms with Gasteiger partial charge in [0, 0.05) is 6.42 Å². The SMILES string of the molecule is C#CCOCCOCCOCCOCCOC(=O)CCCCCCCCCCCCCCCCC. The summed E-state index contributed by atoms with van der Waals surface area (Å²) >= 11 is 0. The number of hydrogen-bond donors (Lipinski definition) is 0. The number of terminal acetylenes is 1. The molecule has 6 heteroatoms. The first-order valence-electron chi connectivity index (χ1n) is 14.2. The predicted molar refractivity (Wildman–Crippen MR) is 143 cm³/mol. The normalized spacial score (nSPS) is 11.0. The maximum absolute atomic E-state index is 11.8. The van der Waals surface area contributed by atoms with Crippen molar-refractivity contribution < 1.29 is 28.5 Å². The third kappa shape index (κ3) is 30.8. The lowest BCUT2D eigenvalue weighted by molar-refractivity contribution is -0.145. The van der Waals surface area contributed by atoms with Crippen molar-refractivity contribution >= 4 is 5.97 Å². The molecule has 0 spiro atoms. The van der Waals surface area contributed by atoms with Crippen molar-refractivity contribution in [3.63, 3.8) is 0 Å². The third-order valence-electron chi connectivity index (χ3n) is 5.78. The summed E-state index contributed by atoms with van der Waals surface area (Å²) in [6, 6.07) is 0. The highest BCUT2D eigenvalue weighted by molar-refractivity contribution is 5.69. The van der Waals surface area contributed by atoms with E-state index in [0.29, 0.717) is 65.9 Å². The van der Waals surface area contributed by atoms with E-state index in [4.69, 9.17) is 30.1 Å². The summed E-state index contributed by atoms with van der Waals surface area (Å²) in [6.07, 6.45) is 25.4. The van der Waals surface area contributed by atoms with Crippen molar-refractivity contribution in [1.29, 1.82) is 0 Å². The largest absolute Gasteiger partial charge is 0.463 e. The molecule has 0 unspecified atom stereocenters. The van der Waals surface area contributed by atoms with Crippen molar-refractivity contribution in [3.8, 4) is 12.3 Å². The summed E-state index contributed by atoms with van der Waals surface area (Å²) in [7, 11) is 0. The Bertz CT molecular complexity index is 463.